The second kappa shape index (κ2) is 5.76. The van der Waals surface area contributed by atoms with Gasteiger partial charge in [0.1, 0.15) is 5.82 Å². The Kier molecular flexibility index (Phi) is 3.84. The minimum Gasteiger partial charge on any atom is -0.379 e. The van der Waals surface area contributed by atoms with E-state index in [-0.39, 0.29) is 11.8 Å². The van der Waals surface area contributed by atoms with Gasteiger partial charge in [0.25, 0.3) is 0 Å². The number of carbonyl (C=O) groups is 1. The van der Waals surface area contributed by atoms with Crippen LogP contribution < -0.4 is 5.32 Å². The highest BCUT2D eigenvalue weighted by atomic mass is 19.1. The van der Waals surface area contributed by atoms with Gasteiger partial charge >= 0.3 is 6.03 Å². The SMILES string of the molecule is O=C(Nc1cccc(F)c1)N1CC(N2CCOCC2)C1. The summed E-state index contributed by atoms with van der Waals surface area (Å²) in [6, 6.07) is 6.19. The van der Waals surface area contributed by atoms with E-state index < -0.39 is 0 Å². The van der Waals surface area contributed by atoms with Crippen LogP contribution in [0.25, 0.3) is 0 Å². The van der Waals surface area contributed by atoms with Gasteiger partial charge in [-0.1, -0.05) is 6.07 Å². The molecule has 20 heavy (non-hydrogen) atoms. The fourth-order valence-electron chi connectivity index (χ4n) is 2.56. The minimum atomic E-state index is -0.349. The van der Waals surface area contributed by atoms with E-state index in [0.717, 1.165) is 39.4 Å². The molecule has 0 unspecified atom stereocenters. The second-order valence-corrected chi connectivity index (χ2v) is 5.15. The molecule has 6 heteroatoms. The van der Waals surface area contributed by atoms with E-state index in [1.807, 2.05) is 0 Å². The van der Waals surface area contributed by atoms with Gasteiger partial charge in [0, 0.05) is 37.9 Å². The van der Waals surface area contributed by atoms with E-state index in [0.29, 0.717) is 11.7 Å². The van der Waals surface area contributed by atoms with Crippen LogP contribution in [0.3, 0.4) is 0 Å². The van der Waals surface area contributed by atoms with Crippen LogP contribution in [0.5, 0.6) is 0 Å². The van der Waals surface area contributed by atoms with Gasteiger partial charge in [-0.15, -0.1) is 0 Å². The van der Waals surface area contributed by atoms with Crippen LogP contribution in [0.1, 0.15) is 0 Å². The largest absolute Gasteiger partial charge is 0.379 e. The molecule has 1 aromatic rings. The van der Waals surface area contributed by atoms with Gasteiger partial charge in [0.2, 0.25) is 0 Å². The first-order chi connectivity index (χ1) is 9.72. The maximum atomic E-state index is 13.0. The first-order valence-corrected chi connectivity index (χ1v) is 6.86. The molecule has 2 amide bonds. The van der Waals surface area contributed by atoms with Crippen LogP contribution in [0.15, 0.2) is 24.3 Å². The number of nitrogens with one attached hydrogen (secondary N) is 1. The van der Waals surface area contributed by atoms with Crippen molar-refractivity contribution in [3.63, 3.8) is 0 Å². The Hall–Kier alpha value is -1.66. The molecular weight excluding hydrogens is 261 g/mol. The molecule has 3 rings (SSSR count). The number of nitrogens with zero attached hydrogens (tertiary/aromatic N) is 2. The molecule has 0 radical (unpaired) electrons. The first kappa shape index (κ1) is 13.3. The number of anilines is 1. The van der Waals surface area contributed by atoms with Gasteiger partial charge in [0.05, 0.1) is 13.2 Å². The van der Waals surface area contributed by atoms with Gasteiger partial charge in [-0.3, -0.25) is 4.90 Å². The minimum absolute atomic E-state index is 0.167. The summed E-state index contributed by atoms with van der Waals surface area (Å²) in [6.07, 6.45) is 0. The highest BCUT2D eigenvalue weighted by Crippen LogP contribution is 2.18. The van der Waals surface area contributed by atoms with E-state index in [1.54, 1.807) is 17.0 Å². The molecule has 2 fully saturated rings. The Morgan fingerprint density at radius 3 is 2.75 bits per heavy atom. The molecule has 2 saturated heterocycles. The molecule has 2 aliphatic rings. The number of hydrogen-bond acceptors (Lipinski definition) is 3. The topological polar surface area (TPSA) is 44.8 Å². The molecule has 0 spiro atoms. The Morgan fingerprint density at radius 2 is 2.05 bits per heavy atom. The Morgan fingerprint density at radius 1 is 1.30 bits per heavy atom. The third kappa shape index (κ3) is 2.91. The predicted molar refractivity (Wildman–Crippen MR) is 73.2 cm³/mol. The number of morpholine rings is 1. The van der Waals surface area contributed by atoms with E-state index in [4.69, 9.17) is 4.74 Å². The van der Waals surface area contributed by atoms with Crippen molar-refractivity contribution in [1.29, 1.82) is 0 Å². The quantitative estimate of drug-likeness (QED) is 0.889. The molecule has 0 atom stereocenters. The zero-order valence-electron chi connectivity index (χ0n) is 11.2. The predicted octanol–water partition coefficient (Wildman–Crippen LogP) is 1.37. The van der Waals surface area contributed by atoms with Crippen LogP contribution >= 0.6 is 0 Å². The molecule has 1 N–H and O–H groups in total. The zero-order chi connectivity index (χ0) is 13.9. The molecule has 2 heterocycles. The summed E-state index contributed by atoms with van der Waals surface area (Å²) in [6.45, 7) is 4.86. The Balaban J connectivity index is 1.48. The number of hydrogen-bond donors (Lipinski definition) is 1. The normalized spacial score (nSPS) is 20.6. The molecule has 1 aromatic carbocycles. The van der Waals surface area contributed by atoms with Gasteiger partial charge in [-0.2, -0.15) is 0 Å². The lowest BCUT2D eigenvalue weighted by Gasteiger charge is -2.46. The fraction of sp³-hybridized carbons (Fsp3) is 0.500. The number of rotatable bonds is 2. The van der Waals surface area contributed by atoms with Crippen molar-refractivity contribution in [2.24, 2.45) is 0 Å². The van der Waals surface area contributed by atoms with Crippen molar-refractivity contribution in [3.8, 4) is 0 Å². The third-order valence-electron chi connectivity index (χ3n) is 3.79. The van der Waals surface area contributed by atoms with Crippen LogP contribution in [0.2, 0.25) is 0 Å². The smallest absolute Gasteiger partial charge is 0.321 e. The van der Waals surface area contributed by atoms with Crippen LogP contribution in [-0.2, 0) is 4.74 Å². The number of urea groups is 1. The summed E-state index contributed by atoms with van der Waals surface area (Å²) in [5.41, 5.74) is 0.491. The van der Waals surface area contributed by atoms with E-state index in [1.165, 1.54) is 12.1 Å². The summed E-state index contributed by atoms with van der Waals surface area (Å²) >= 11 is 0. The van der Waals surface area contributed by atoms with Crippen molar-refractivity contribution in [2.75, 3.05) is 44.7 Å². The number of carbonyl (C=O) groups excluding carboxylic acids is 1. The molecule has 0 bridgehead atoms. The van der Waals surface area contributed by atoms with Crippen molar-refractivity contribution < 1.29 is 13.9 Å². The Bertz CT molecular complexity index is 485. The summed E-state index contributed by atoms with van der Waals surface area (Å²) in [7, 11) is 0. The van der Waals surface area contributed by atoms with Gasteiger partial charge in [-0.25, -0.2) is 9.18 Å². The van der Waals surface area contributed by atoms with Crippen molar-refractivity contribution >= 4 is 11.7 Å². The van der Waals surface area contributed by atoms with Crippen LogP contribution in [0, 0.1) is 5.82 Å². The lowest BCUT2D eigenvalue weighted by molar-refractivity contribution is -0.0189. The fourth-order valence-corrected chi connectivity index (χ4v) is 2.56. The average Bonchev–Trinajstić information content (AvgIpc) is 2.38. The van der Waals surface area contributed by atoms with Crippen molar-refractivity contribution in [2.45, 2.75) is 6.04 Å². The third-order valence-corrected chi connectivity index (χ3v) is 3.79. The van der Waals surface area contributed by atoms with Crippen molar-refractivity contribution in [3.05, 3.63) is 30.1 Å². The molecule has 2 aliphatic heterocycles. The number of likely N-dealkylation sites (tertiary alicyclic amines) is 1. The first-order valence-electron chi connectivity index (χ1n) is 6.86. The summed E-state index contributed by atoms with van der Waals surface area (Å²) in [5.74, 6) is -0.349. The van der Waals surface area contributed by atoms with Gasteiger partial charge < -0.3 is 15.0 Å². The molecule has 0 aliphatic carbocycles. The maximum absolute atomic E-state index is 13.0. The van der Waals surface area contributed by atoms with Gasteiger partial charge in [0.15, 0.2) is 0 Å². The summed E-state index contributed by atoms with van der Waals surface area (Å²) < 4.78 is 18.3. The maximum Gasteiger partial charge on any atom is 0.321 e. The standard InChI is InChI=1S/C14H18FN3O2/c15-11-2-1-3-12(8-11)16-14(19)18-9-13(10-18)17-4-6-20-7-5-17/h1-3,8,13H,4-7,9-10H2,(H,16,19). The van der Waals surface area contributed by atoms with Crippen LogP contribution in [-0.4, -0.2) is 61.3 Å². The summed E-state index contributed by atoms with van der Waals surface area (Å²) in [5, 5.41) is 2.71. The van der Waals surface area contributed by atoms with E-state index >= 15 is 0 Å². The van der Waals surface area contributed by atoms with E-state index in [2.05, 4.69) is 10.2 Å². The summed E-state index contributed by atoms with van der Waals surface area (Å²) in [4.78, 5) is 16.1. The zero-order valence-corrected chi connectivity index (χ0v) is 11.2. The highest BCUT2D eigenvalue weighted by molar-refractivity contribution is 5.89. The number of ether oxygens (including phenoxy) is 1. The molecule has 0 saturated carbocycles. The molecular formula is C14H18FN3O2. The molecule has 5 nitrogen and oxygen atoms in total. The monoisotopic (exact) mass is 279 g/mol. The average molecular weight is 279 g/mol. The van der Waals surface area contributed by atoms with Gasteiger partial charge in [-0.05, 0) is 18.2 Å². The molecule has 108 valence electrons. The van der Waals surface area contributed by atoms with Crippen LogP contribution in [0.4, 0.5) is 14.9 Å². The lowest BCUT2D eigenvalue weighted by atomic mass is 10.1. The lowest BCUT2D eigenvalue weighted by Crippen LogP contribution is -2.63. The second-order valence-electron chi connectivity index (χ2n) is 5.15. The number of benzene rings is 1. The van der Waals surface area contributed by atoms with Crippen molar-refractivity contribution in [1.82, 2.24) is 9.80 Å². The number of amides is 2. The Labute approximate surface area is 117 Å². The van der Waals surface area contributed by atoms with E-state index in [9.17, 15) is 9.18 Å². The molecule has 0 aromatic heterocycles. The highest BCUT2D eigenvalue weighted by Gasteiger charge is 2.35. The number of halogens is 1.